The van der Waals surface area contributed by atoms with Crippen LogP contribution in [0.3, 0.4) is 0 Å². The summed E-state index contributed by atoms with van der Waals surface area (Å²) >= 11 is 0. The average Bonchev–Trinajstić information content (AvgIpc) is 3.36. The standard InChI is InChI=1S/C44H43BN2O2/c1-6-33-17-25-40(26-18-33)47(39-15-11-8-12-16-39)41-27-19-34(20-28-41)35-29-31-44(32-30-35,36-13-9-7-10-14-36)46-38-23-21-37(22-24-38)45-48-42(2,3)43(4,5)49-45/h6-31,46H,1,32H2,2-5H3. The van der Waals surface area contributed by atoms with E-state index in [1.807, 2.05) is 12.1 Å². The second kappa shape index (κ2) is 13.1. The van der Waals surface area contributed by atoms with Crippen molar-refractivity contribution in [2.45, 2.75) is 50.9 Å². The van der Waals surface area contributed by atoms with E-state index in [4.69, 9.17) is 9.31 Å². The summed E-state index contributed by atoms with van der Waals surface area (Å²) in [6.45, 7) is 12.2. The van der Waals surface area contributed by atoms with Gasteiger partial charge in [0, 0.05) is 22.7 Å². The zero-order valence-electron chi connectivity index (χ0n) is 28.8. The Morgan fingerprint density at radius 2 is 1.22 bits per heavy atom. The van der Waals surface area contributed by atoms with Gasteiger partial charge in [-0.25, -0.2) is 0 Å². The van der Waals surface area contributed by atoms with Crippen LogP contribution in [0.15, 0.2) is 158 Å². The average molecular weight is 643 g/mol. The number of para-hydroxylation sites is 1. The van der Waals surface area contributed by atoms with Gasteiger partial charge in [-0.3, -0.25) is 0 Å². The molecular formula is C44H43BN2O2. The van der Waals surface area contributed by atoms with E-state index < -0.39 is 5.54 Å². The van der Waals surface area contributed by atoms with Crippen molar-refractivity contribution in [1.29, 1.82) is 0 Å². The van der Waals surface area contributed by atoms with Gasteiger partial charge in [-0.2, -0.15) is 0 Å². The van der Waals surface area contributed by atoms with E-state index in [0.29, 0.717) is 0 Å². The molecule has 5 aromatic carbocycles. The summed E-state index contributed by atoms with van der Waals surface area (Å²) in [4.78, 5) is 2.28. The molecule has 0 radical (unpaired) electrons. The van der Waals surface area contributed by atoms with Crippen LogP contribution in [0.1, 0.15) is 50.8 Å². The van der Waals surface area contributed by atoms with E-state index in [1.54, 1.807) is 0 Å². The molecule has 1 aliphatic heterocycles. The maximum absolute atomic E-state index is 6.29. The van der Waals surface area contributed by atoms with E-state index in [2.05, 4.69) is 190 Å². The Hall–Kier alpha value is -5.10. The Labute approximate surface area is 291 Å². The predicted octanol–water partition coefficient (Wildman–Crippen LogP) is 10.4. The van der Waals surface area contributed by atoms with Crippen molar-refractivity contribution in [1.82, 2.24) is 0 Å². The van der Waals surface area contributed by atoms with Gasteiger partial charge in [0.05, 0.1) is 16.7 Å². The van der Waals surface area contributed by atoms with Crippen LogP contribution < -0.4 is 15.7 Å². The number of nitrogens with one attached hydrogen (secondary N) is 1. The van der Waals surface area contributed by atoms with Gasteiger partial charge in [0.1, 0.15) is 0 Å². The third kappa shape index (κ3) is 6.52. The van der Waals surface area contributed by atoms with Gasteiger partial charge >= 0.3 is 7.12 Å². The third-order valence-corrected chi connectivity index (χ3v) is 10.1. The first-order valence-corrected chi connectivity index (χ1v) is 17.0. The first kappa shape index (κ1) is 32.5. The first-order valence-electron chi connectivity index (χ1n) is 17.0. The number of hydrogen-bond acceptors (Lipinski definition) is 4. The van der Waals surface area contributed by atoms with Crippen molar-refractivity contribution >= 4 is 47.0 Å². The van der Waals surface area contributed by atoms with Crippen LogP contribution in [0.4, 0.5) is 22.7 Å². The van der Waals surface area contributed by atoms with E-state index in [0.717, 1.165) is 40.2 Å². The smallest absolute Gasteiger partial charge is 0.399 e. The van der Waals surface area contributed by atoms with Crippen LogP contribution in [0.25, 0.3) is 11.6 Å². The molecule has 0 aromatic heterocycles. The van der Waals surface area contributed by atoms with E-state index >= 15 is 0 Å². The molecule has 7 rings (SSSR count). The molecule has 1 saturated heterocycles. The molecule has 49 heavy (non-hydrogen) atoms. The number of anilines is 4. The number of benzene rings is 5. The topological polar surface area (TPSA) is 33.7 Å². The van der Waals surface area contributed by atoms with Crippen molar-refractivity contribution in [3.8, 4) is 0 Å². The molecule has 1 atom stereocenters. The number of rotatable bonds is 9. The van der Waals surface area contributed by atoms with Gasteiger partial charge in [-0.15, -0.1) is 0 Å². The van der Waals surface area contributed by atoms with Crippen molar-refractivity contribution in [3.05, 3.63) is 175 Å². The highest BCUT2D eigenvalue weighted by atomic mass is 16.7. The monoisotopic (exact) mass is 642 g/mol. The summed E-state index contributed by atoms with van der Waals surface area (Å²) < 4.78 is 12.6. The molecular weight excluding hydrogens is 599 g/mol. The highest BCUT2D eigenvalue weighted by molar-refractivity contribution is 6.62. The van der Waals surface area contributed by atoms with Gasteiger partial charge in [-0.1, -0.05) is 116 Å². The van der Waals surface area contributed by atoms with Crippen molar-refractivity contribution in [2.75, 3.05) is 10.2 Å². The highest BCUT2D eigenvalue weighted by Crippen LogP contribution is 2.40. The molecule has 4 nitrogen and oxygen atoms in total. The Kier molecular flexibility index (Phi) is 8.66. The van der Waals surface area contributed by atoms with E-state index in [9.17, 15) is 0 Å². The van der Waals surface area contributed by atoms with Crippen LogP contribution in [0.2, 0.25) is 0 Å². The van der Waals surface area contributed by atoms with Gasteiger partial charge in [0.25, 0.3) is 0 Å². The number of nitrogens with zero attached hydrogens (tertiary/aromatic N) is 1. The largest absolute Gasteiger partial charge is 0.494 e. The predicted molar refractivity (Wildman–Crippen MR) is 207 cm³/mol. The molecule has 0 bridgehead atoms. The molecule has 2 aliphatic rings. The molecule has 0 amide bonds. The fourth-order valence-corrected chi connectivity index (χ4v) is 6.51. The van der Waals surface area contributed by atoms with Crippen LogP contribution >= 0.6 is 0 Å². The first-order chi connectivity index (χ1) is 23.7. The second-order valence-electron chi connectivity index (χ2n) is 13.9. The lowest BCUT2D eigenvalue weighted by Gasteiger charge is -2.35. The molecule has 5 heteroatoms. The maximum Gasteiger partial charge on any atom is 0.494 e. The van der Waals surface area contributed by atoms with Crippen LogP contribution in [-0.2, 0) is 14.8 Å². The van der Waals surface area contributed by atoms with Crippen molar-refractivity contribution < 1.29 is 9.31 Å². The lowest BCUT2D eigenvalue weighted by Crippen LogP contribution is -2.41. The van der Waals surface area contributed by atoms with Gasteiger partial charge in [0.2, 0.25) is 0 Å². The lowest BCUT2D eigenvalue weighted by atomic mass is 9.78. The minimum atomic E-state index is -0.391. The summed E-state index contributed by atoms with van der Waals surface area (Å²) in [5.41, 5.74) is 8.94. The highest BCUT2D eigenvalue weighted by Gasteiger charge is 2.51. The summed E-state index contributed by atoms with van der Waals surface area (Å²) in [7, 11) is -0.383. The fraction of sp³-hybridized carbons (Fsp3) is 0.182. The van der Waals surface area contributed by atoms with Crippen LogP contribution in [-0.4, -0.2) is 18.3 Å². The Bertz CT molecular complexity index is 1950. The zero-order chi connectivity index (χ0) is 34.1. The second-order valence-corrected chi connectivity index (χ2v) is 13.9. The Morgan fingerprint density at radius 3 is 1.78 bits per heavy atom. The summed E-state index contributed by atoms with van der Waals surface area (Å²) in [6, 6.07) is 47.0. The van der Waals surface area contributed by atoms with E-state index in [-0.39, 0.29) is 18.3 Å². The summed E-state index contributed by atoms with van der Waals surface area (Å²) in [6.07, 6.45) is 9.58. The minimum absolute atomic E-state index is 0.373. The number of allylic oxidation sites excluding steroid dienone is 2. The molecule has 1 N–H and O–H groups in total. The van der Waals surface area contributed by atoms with Crippen LogP contribution in [0.5, 0.6) is 0 Å². The van der Waals surface area contributed by atoms with Gasteiger partial charge in [-0.05, 0) is 110 Å². The Morgan fingerprint density at radius 1 is 0.673 bits per heavy atom. The summed E-state index contributed by atoms with van der Waals surface area (Å²) in [5, 5.41) is 3.88. The fourth-order valence-electron chi connectivity index (χ4n) is 6.51. The van der Waals surface area contributed by atoms with Gasteiger partial charge in [0.15, 0.2) is 0 Å². The molecule has 244 valence electrons. The van der Waals surface area contributed by atoms with Gasteiger partial charge < -0.3 is 19.5 Å². The molecule has 1 fully saturated rings. The normalized spacial score (nSPS) is 19.3. The molecule has 1 heterocycles. The molecule has 5 aromatic rings. The van der Waals surface area contributed by atoms with E-state index in [1.165, 1.54) is 16.7 Å². The van der Waals surface area contributed by atoms with Crippen molar-refractivity contribution in [2.24, 2.45) is 0 Å². The molecule has 0 saturated carbocycles. The SMILES string of the molecule is C=Cc1ccc(N(c2ccccc2)c2ccc(C3=CCC(Nc4ccc(B5OC(C)(C)C(C)(C)O5)cc4)(c4ccccc4)C=C3)cc2)cc1. The van der Waals surface area contributed by atoms with Crippen LogP contribution in [0, 0.1) is 0 Å². The molecule has 1 unspecified atom stereocenters. The third-order valence-electron chi connectivity index (χ3n) is 10.1. The number of hydrogen-bond donors (Lipinski definition) is 1. The Balaban J connectivity index is 1.12. The lowest BCUT2D eigenvalue weighted by molar-refractivity contribution is 0.00578. The molecule has 0 spiro atoms. The minimum Gasteiger partial charge on any atom is -0.399 e. The maximum atomic E-state index is 6.29. The zero-order valence-corrected chi connectivity index (χ0v) is 28.8. The van der Waals surface area contributed by atoms with Crippen molar-refractivity contribution in [3.63, 3.8) is 0 Å². The summed E-state index contributed by atoms with van der Waals surface area (Å²) in [5.74, 6) is 0. The quantitative estimate of drug-likeness (QED) is 0.162. The molecule has 1 aliphatic carbocycles.